The summed E-state index contributed by atoms with van der Waals surface area (Å²) in [6.07, 6.45) is 3.01. The van der Waals surface area contributed by atoms with Crippen molar-refractivity contribution < 1.29 is 17.9 Å². The van der Waals surface area contributed by atoms with Crippen LogP contribution in [0.2, 0.25) is 0 Å². The standard InChI is InChI=1S/C13H18F3N3OS2/c14-13(15,16)8-17-10-18-19-11(22-10)21-7-9-3-6-12(20-9)4-1-2-5-12/h9H,1-8H2,(H,17,18)/t9-/m1/s1. The Morgan fingerprint density at radius 1 is 1.27 bits per heavy atom. The molecule has 2 heterocycles. The summed E-state index contributed by atoms with van der Waals surface area (Å²) in [5.41, 5.74) is 0.117. The van der Waals surface area contributed by atoms with E-state index in [9.17, 15) is 13.2 Å². The van der Waals surface area contributed by atoms with E-state index in [-0.39, 0.29) is 16.8 Å². The molecule has 1 spiro atoms. The van der Waals surface area contributed by atoms with Crippen LogP contribution in [0.15, 0.2) is 4.34 Å². The Morgan fingerprint density at radius 2 is 2.05 bits per heavy atom. The molecule has 1 aliphatic heterocycles. The first kappa shape index (κ1) is 16.3. The molecular weight excluding hydrogens is 335 g/mol. The van der Waals surface area contributed by atoms with E-state index in [1.165, 1.54) is 37.4 Å². The SMILES string of the molecule is FC(F)(F)CNc1nnc(SC[C@H]2CCC3(CCCC3)O2)s1. The highest BCUT2D eigenvalue weighted by Crippen LogP contribution is 2.44. The summed E-state index contributed by atoms with van der Waals surface area (Å²) in [5, 5.41) is 10.1. The molecule has 1 aromatic rings. The number of thioether (sulfide) groups is 1. The Balaban J connectivity index is 1.43. The van der Waals surface area contributed by atoms with Gasteiger partial charge < -0.3 is 10.1 Å². The Morgan fingerprint density at radius 3 is 2.77 bits per heavy atom. The van der Waals surface area contributed by atoms with Crippen molar-refractivity contribution in [1.29, 1.82) is 0 Å². The number of nitrogens with zero attached hydrogens (tertiary/aromatic N) is 2. The number of anilines is 1. The molecule has 1 aliphatic carbocycles. The molecule has 0 aromatic carbocycles. The van der Waals surface area contributed by atoms with Crippen molar-refractivity contribution in [1.82, 2.24) is 10.2 Å². The molecule has 3 rings (SSSR count). The zero-order valence-corrected chi connectivity index (χ0v) is 13.6. The second-order valence-corrected chi connectivity index (χ2v) is 8.07. The number of hydrogen-bond donors (Lipinski definition) is 1. The molecule has 1 saturated carbocycles. The summed E-state index contributed by atoms with van der Waals surface area (Å²) in [6, 6.07) is 0. The number of halogens is 3. The van der Waals surface area contributed by atoms with Crippen molar-refractivity contribution in [3.8, 4) is 0 Å². The number of aromatic nitrogens is 2. The third kappa shape index (κ3) is 4.26. The van der Waals surface area contributed by atoms with E-state index in [0.29, 0.717) is 4.34 Å². The second kappa shape index (κ2) is 6.52. The van der Waals surface area contributed by atoms with E-state index in [4.69, 9.17) is 4.74 Å². The van der Waals surface area contributed by atoms with Crippen molar-refractivity contribution in [3.63, 3.8) is 0 Å². The van der Waals surface area contributed by atoms with Crippen LogP contribution in [-0.2, 0) is 4.74 Å². The van der Waals surface area contributed by atoms with Crippen LogP contribution in [0.25, 0.3) is 0 Å². The zero-order chi connectivity index (χ0) is 15.6. The first-order valence-corrected chi connectivity index (χ1v) is 9.19. The van der Waals surface area contributed by atoms with Gasteiger partial charge in [-0.05, 0) is 25.7 Å². The summed E-state index contributed by atoms with van der Waals surface area (Å²) in [7, 11) is 0. The number of hydrogen-bond acceptors (Lipinski definition) is 6. The number of rotatable bonds is 5. The van der Waals surface area contributed by atoms with Crippen LogP contribution in [0.3, 0.4) is 0 Å². The van der Waals surface area contributed by atoms with Crippen molar-refractivity contribution in [2.75, 3.05) is 17.6 Å². The predicted molar refractivity (Wildman–Crippen MR) is 80.5 cm³/mol. The summed E-state index contributed by atoms with van der Waals surface area (Å²) < 4.78 is 43.2. The average Bonchev–Trinajstić information content (AvgIpc) is 3.17. The van der Waals surface area contributed by atoms with Crippen LogP contribution in [0, 0.1) is 0 Å². The van der Waals surface area contributed by atoms with Gasteiger partial charge in [0.2, 0.25) is 5.13 Å². The molecule has 22 heavy (non-hydrogen) atoms. The third-order valence-electron chi connectivity index (χ3n) is 4.09. The summed E-state index contributed by atoms with van der Waals surface area (Å²) >= 11 is 2.67. The van der Waals surface area contributed by atoms with E-state index in [0.717, 1.165) is 29.9 Å². The minimum atomic E-state index is -4.24. The lowest BCUT2D eigenvalue weighted by molar-refractivity contribution is -0.115. The quantitative estimate of drug-likeness (QED) is 0.808. The molecule has 0 bridgehead atoms. The van der Waals surface area contributed by atoms with E-state index < -0.39 is 12.7 Å². The first-order valence-electron chi connectivity index (χ1n) is 7.39. The maximum atomic E-state index is 12.1. The Hall–Kier alpha value is -0.540. The lowest BCUT2D eigenvalue weighted by Gasteiger charge is -2.23. The molecule has 0 amide bonds. The highest BCUT2D eigenvalue weighted by Gasteiger charge is 2.42. The molecule has 1 saturated heterocycles. The largest absolute Gasteiger partial charge is 0.405 e. The molecule has 0 unspecified atom stereocenters. The highest BCUT2D eigenvalue weighted by atomic mass is 32.2. The van der Waals surface area contributed by atoms with Crippen LogP contribution >= 0.6 is 23.1 Å². The van der Waals surface area contributed by atoms with Crippen molar-refractivity contribution >= 4 is 28.2 Å². The van der Waals surface area contributed by atoms with E-state index in [1.54, 1.807) is 0 Å². The summed E-state index contributed by atoms with van der Waals surface area (Å²) in [5.74, 6) is 0.787. The van der Waals surface area contributed by atoms with Gasteiger partial charge in [0.05, 0.1) is 11.7 Å². The molecule has 4 nitrogen and oxygen atoms in total. The Bertz CT molecular complexity index is 503. The normalized spacial score (nSPS) is 24.2. The lowest BCUT2D eigenvalue weighted by Crippen LogP contribution is -2.25. The number of alkyl halides is 3. The maximum absolute atomic E-state index is 12.1. The summed E-state index contributed by atoms with van der Waals surface area (Å²) in [4.78, 5) is 0. The third-order valence-corrected chi connectivity index (χ3v) is 6.24. The van der Waals surface area contributed by atoms with Gasteiger partial charge in [0.25, 0.3) is 0 Å². The van der Waals surface area contributed by atoms with Gasteiger partial charge in [-0.2, -0.15) is 13.2 Å². The minimum Gasteiger partial charge on any atom is -0.371 e. The number of ether oxygens (including phenoxy) is 1. The average molecular weight is 353 g/mol. The molecule has 0 radical (unpaired) electrons. The summed E-state index contributed by atoms with van der Waals surface area (Å²) in [6.45, 7) is -1.08. The van der Waals surface area contributed by atoms with Gasteiger partial charge in [0.1, 0.15) is 6.54 Å². The molecular formula is C13H18F3N3OS2. The minimum absolute atomic E-state index is 0.117. The Kier molecular flexibility index (Phi) is 4.84. The van der Waals surface area contributed by atoms with E-state index >= 15 is 0 Å². The van der Waals surface area contributed by atoms with Crippen molar-refractivity contribution in [2.45, 2.75) is 60.7 Å². The van der Waals surface area contributed by atoms with Gasteiger partial charge in [0, 0.05) is 5.75 Å². The van der Waals surface area contributed by atoms with Crippen LogP contribution in [0.4, 0.5) is 18.3 Å². The molecule has 1 aromatic heterocycles. The van der Waals surface area contributed by atoms with Gasteiger partial charge >= 0.3 is 6.18 Å². The van der Waals surface area contributed by atoms with Crippen molar-refractivity contribution in [3.05, 3.63) is 0 Å². The molecule has 124 valence electrons. The van der Waals surface area contributed by atoms with Crippen LogP contribution < -0.4 is 5.32 Å². The maximum Gasteiger partial charge on any atom is 0.405 e. The molecule has 1 N–H and O–H groups in total. The Labute approximate surface area is 135 Å². The first-order chi connectivity index (χ1) is 10.4. The predicted octanol–water partition coefficient (Wildman–Crippen LogP) is 4.10. The fourth-order valence-electron chi connectivity index (χ4n) is 3.08. The molecule has 2 fully saturated rings. The highest BCUT2D eigenvalue weighted by molar-refractivity contribution is 8.01. The van der Waals surface area contributed by atoms with Gasteiger partial charge in [0.15, 0.2) is 4.34 Å². The van der Waals surface area contributed by atoms with Gasteiger partial charge in [-0.3, -0.25) is 0 Å². The van der Waals surface area contributed by atoms with Gasteiger partial charge in [-0.15, -0.1) is 10.2 Å². The fraction of sp³-hybridized carbons (Fsp3) is 0.846. The number of nitrogens with one attached hydrogen (secondary N) is 1. The van der Waals surface area contributed by atoms with Crippen molar-refractivity contribution in [2.24, 2.45) is 0 Å². The van der Waals surface area contributed by atoms with Crippen LogP contribution in [0.1, 0.15) is 38.5 Å². The van der Waals surface area contributed by atoms with Crippen LogP contribution in [0.5, 0.6) is 0 Å². The van der Waals surface area contributed by atoms with Gasteiger partial charge in [-0.1, -0.05) is 35.9 Å². The van der Waals surface area contributed by atoms with E-state index in [1.807, 2.05) is 0 Å². The smallest absolute Gasteiger partial charge is 0.371 e. The van der Waals surface area contributed by atoms with Gasteiger partial charge in [-0.25, -0.2) is 0 Å². The fourth-order valence-corrected chi connectivity index (χ4v) is 4.89. The topological polar surface area (TPSA) is 47.0 Å². The monoisotopic (exact) mass is 353 g/mol. The molecule has 2 aliphatic rings. The lowest BCUT2D eigenvalue weighted by atomic mass is 9.98. The zero-order valence-electron chi connectivity index (χ0n) is 12.0. The molecule has 9 heteroatoms. The van der Waals surface area contributed by atoms with Crippen LogP contribution in [-0.4, -0.2) is 40.4 Å². The second-order valence-electron chi connectivity index (χ2n) is 5.82. The molecule has 1 atom stereocenters. The van der Waals surface area contributed by atoms with E-state index in [2.05, 4.69) is 15.5 Å².